The van der Waals surface area contributed by atoms with E-state index in [9.17, 15) is 0 Å². The minimum Gasteiger partial charge on any atom is -0.493 e. The van der Waals surface area contributed by atoms with Gasteiger partial charge in [-0.05, 0) is 112 Å². The monoisotopic (exact) mass is 893 g/mol. The fraction of sp³-hybridized carbons (Fsp3) is 0.414. The second-order valence-electron chi connectivity index (χ2n) is 17.3. The number of hydrogen-bond acceptors (Lipinski definition) is 4. The Morgan fingerprint density at radius 2 is 0.485 bits per heavy atom. The maximum atomic E-state index is 6.38. The summed E-state index contributed by atoms with van der Waals surface area (Å²) in [5.74, 6) is 3.38. The summed E-state index contributed by atoms with van der Waals surface area (Å²) >= 11 is 0. The molecule has 8 heteroatoms. The summed E-state index contributed by atoms with van der Waals surface area (Å²) in [6.07, 6.45) is 39.5. The first-order chi connectivity index (χ1) is 32.7. The van der Waals surface area contributed by atoms with E-state index >= 15 is 0 Å². The van der Waals surface area contributed by atoms with Gasteiger partial charge in [0.15, 0.2) is 49.6 Å². The van der Waals surface area contributed by atoms with Crippen molar-refractivity contribution in [2.75, 3.05) is 26.4 Å². The van der Waals surface area contributed by atoms with Gasteiger partial charge in [0, 0.05) is 86.3 Å². The molecule has 0 aliphatic heterocycles. The lowest BCUT2D eigenvalue weighted by Gasteiger charge is -2.12. The molecule has 4 aromatic heterocycles. The summed E-state index contributed by atoms with van der Waals surface area (Å²) in [6.45, 7) is 6.94. The zero-order chi connectivity index (χ0) is 45.4. The molecule has 0 radical (unpaired) electrons. The van der Waals surface area contributed by atoms with E-state index in [-0.39, 0.29) is 0 Å². The molecule has 2 aromatic carbocycles. The van der Waals surface area contributed by atoms with Gasteiger partial charge in [0.05, 0.1) is 26.4 Å². The topological polar surface area (TPSA) is 52.4 Å². The highest BCUT2D eigenvalue weighted by atomic mass is 16.5. The van der Waals surface area contributed by atoms with Crippen molar-refractivity contribution in [3.63, 3.8) is 0 Å². The normalized spacial score (nSPS) is 11.2. The van der Waals surface area contributed by atoms with E-state index in [2.05, 4.69) is 189 Å². The summed E-state index contributed by atoms with van der Waals surface area (Å²) in [5.41, 5.74) is 2.08. The minimum atomic E-state index is 0.683. The van der Waals surface area contributed by atoms with Gasteiger partial charge in [0.25, 0.3) is 0 Å². The Balaban J connectivity index is 1.03. The van der Waals surface area contributed by atoms with E-state index in [0.717, 1.165) is 112 Å². The van der Waals surface area contributed by atoms with Crippen LogP contribution in [0.4, 0.5) is 0 Å². The van der Waals surface area contributed by atoms with Crippen LogP contribution in [0.3, 0.4) is 0 Å². The predicted octanol–water partition coefficient (Wildman–Crippen LogP) is 11.6. The summed E-state index contributed by atoms with van der Waals surface area (Å²) < 4.78 is 34.5. The fourth-order valence-electron chi connectivity index (χ4n) is 8.00. The molecule has 0 N–H and O–H groups in total. The molecule has 0 fully saturated rings. The van der Waals surface area contributed by atoms with Gasteiger partial charge in [-0.2, -0.15) is 0 Å². The lowest BCUT2D eigenvalue weighted by atomic mass is 10.1. The van der Waals surface area contributed by atoms with E-state index in [1.54, 1.807) is 0 Å². The Labute approximate surface area is 396 Å². The SMILES string of the molecule is C(=C\c1cc(OCCCCCC[n+]2ccccc2)cc(OCCCCCC[n+]2ccccc2)c1)/c1cc(OCCCCCC[n+]2ccccc2)cc(OCCCCCC[n+]2ccccc2)c1. The average Bonchev–Trinajstić information content (AvgIpc) is 3.36. The Morgan fingerprint density at radius 1 is 0.258 bits per heavy atom. The zero-order valence-corrected chi connectivity index (χ0v) is 39.6. The van der Waals surface area contributed by atoms with E-state index in [1.807, 2.05) is 0 Å². The largest absolute Gasteiger partial charge is 0.493 e. The first kappa shape index (κ1) is 49.4. The van der Waals surface area contributed by atoms with E-state index in [4.69, 9.17) is 18.9 Å². The molecule has 4 heterocycles. The molecule has 0 atom stereocenters. The highest BCUT2D eigenvalue weighted by Gasteiger charge is 2.08. The van der Waals surface area contributed by atoms with Crippen LogP contribution in [0, 0.1) is 0 Å². The van der Waals surface area contributed by atoms with Gasteiger partial charge >= 0.3 is 0 Å². The van der Waals surface area contributed by atoms with Crippen molar-refractivity contribution in [2.24, 2.45) is 0 Å². The first-order valence-corrected chi connectivity index (χ1v) is 25.0. The third kappa shape index (κ3) is 20.9. The number of hydrogen-bond donors (Lipinski definition) is 0. The number of pyridine rings is 4. The molecule has 0 bridgehead atoms. The molecule has 6 aromatic rings. The van der Waals surface area contributed by atoms with Gasteiger partial charge < -0.3 is 18.9 Å². The maximum absolute atomic E-state index is 6.38. The van der Waals surface area contributed by atoms with E-state index in [1.165, 1.54) is 51.4 Å². The molecule has 0 aliphatic carbocycles. The van der Waals surface area contributed by atoms with Gasteiger partial charge in [-0.1, -0.05) is 36.4 Å². The van der Waals surface area contributed by atoms with Crippen LogP contribution in [-0.4, -0.2) is 26.4 Å². The third-order valence-electron chi connectivity index (χ3n) is 11.7. The van der Waals surface area contributed by atoms with Crippen LogP contribution in [-0.2, 0) is 26.2 Å². The highest BCUT2D eigenvalue weighted by Crippen LogP contribution is 2.28. The van der Waals surface area contributed by atoms with Crippen LogP contribution < -0.4 is 37.2 Å². The van der Waals surface area contributed by atoms with Gasteiger partial charge in [-0.3, -0.25) is 0 Å². The average molecular weight is 893 g/mol. The van der Waals surface area contributed by atoms with E-state index < -0.39 is 0 Å². The van der Waals surface area contributed by atoms with Crippen molar-refractivity contribution < 1.29 is 37.2 Å². The second-order valence-corrected chi connectivity index (χ2v) is 17.3. The molecule has 0 saturated heterocycles. The van der Waals surface area contributed by atoms with Gasteiger partial charge in [0.1, 0.15) is 49.2 Å². The maximum Gasteiger partial charge on any atom is 0.168 e. The fourth-order valence-corrected chi connectivity index (χ4v) is 8.00. The zero-order valence-electron chi connectivity index (χ0n) is 39.6. The number of rotatable bonds is 34. The lowest BCUT2D eigenvalue weighted by molar-refractivity contribution is -0.697. The molecule has 6 rings (SSSR count). The van der Waals surface area contributed by atoms with Crippen LogP contribution in [0.2, 0.25) is 0 Å². The van der Waals surface area contributed by atoms with Crippen molar-refractivity contribution >= 4 is 12.2 Å². The van der Waals surface area contributed by atoms with Crippen molar-refractivity contribution in [3.05, 3.63) is 170 Å². The quantitative estimate of drug-likeness (QED) is 0.0230. The van der Waals surface area contributed by atoms with Crippen LogP contribution >= 0.6 is 0 Å². The summed E-state index contributed by atoms with van der Waals surface area (Å²) in [4.78, 5) is 0. The molecule has 0 amide bonds. The van der Waals surface area contributed by atoms with E-state index in [0.29, 0.717) is 26.4 Å². The summed E-state index contributed by atoms with van der Waals surface area (Å²) in [6, 6.07) is 37.6. The Morgan fingerprint density at radius 3 is 0.727 bits per heavy atom. The molecule has 0 unspecified atom stereocenters. The second kappa shape index (κ2) is 31.0. The van der Waals surface area contributed by atoms with Crippen LogP contribution in [0.25, 0.3) is 12.2 Å². The summed E-state index contributed by atoms with van der Waals surface area (Å²) in [5, 5.41) is 0. The number of unbranched alkanes of at least 4 members (excludes halogenated alkanes) is 12. The highest BCUT2D eigenvalue weighted by molar-refractivity contribution is 5.72. The Bertz CT molecular complexity index is 1890. The molecule has 0 aliphatic rings. The van der Waals surface area contributed by atoms with Crippen LogP contribution in [0.1, 0.15) is 114 Å². The number of aryl methyl sites for hydroxylation is 4. The van der Waals surface area contributed by atoms with Crippen molar-refractivity contribution in [1.29, 1.82) is 0 Å². The molecule has 66 heavy (non-hydrogen) atoms. The van der Waals surface area contributed by atoms with Crippen molar-refractivity contribution in [3.8, 4) is 23.0 Å². The molecule has 8 nitrogen and oxygen atoms in total. The third-order valence-corrected chi connectivity index (χ3v) is 11.7. The molecule has 0 saturated carbocycles. The Kier molecular flexibility index (Phi) is 23.2. The minimum absolute atomic E-state index is 0.683. The van der Waals surface area contributed by atoms with Crippen LogP contribution in [0.5, 0.6) is 23.0 Å². The number of benzene rings is 2. The molecular weight excluding hydrogens is 817 g/mol. The van der Waals surface area contributed by atoms with Gasteiger partial charge in [-0.15, -0.1) is 0 Å². The van der Waals surface area contributed by atoms with Gasteiger partial charge in [0.2, 0.25) is 0 Å². The number of nitrogens with zero attached hydrogens (tertiary/aromatic N) is 4. The number of ether oxygens (including phenoxy) is 4. The predicted molar refractivity (Wildman–Crippen MR) is 264 cm³/mol. The molecule has 0 spiro atoms. The summed E-state index contributed by atoms with van der Waals surface area (Å²) in [7, 11) is 0. The smallest absolute Gasteiger partial charge is 0.168 e. The number of aromatic nitrogens is 4. The van der Waals surface area contributed by atoms with Crippen molar-refractivity contribution in [2.45, 2.75) is 129 Å². The van der Waals surface area contributed by atoms with Gasteiger partial charge in [-0.25, -0.2) is 18.3 Å². The Hall–Kier alpha value is -6.02. The first-order valence-electron chi connectivity index (χ1n) is 25.0. The lowest BCUT2D eigenvalue weighted by Crippen LogP contribution is -2.32. The standard InChI is InChI=1S/C58H76N4O4/c1(13-31-59-35-17-9-18-36-59)5-25-43-63-55-47-53(48-56(51-55)64-44-26-6-2-14-32-60-37-19-10-20-38-60)29-30-54-49-57(65-45-27-7-3-15-33-61-39-21-11-22-40-61)52-58(50-54)66-46-28-8-4-16-34-62-41-23-12-24-42-62/h9-12,17-24,29-30,35-42,47-52H,1-8,13-16,25-28,31-34,43-46H2/q+4/b30-29+. The van der Waals surface area contributed by atoms with Crippen LogP contribution in [0.15, 0.2) is 159 Å². The van der Waals surface area contributed by atoms with Crippen molar-refractivity contribution in [1.82, 2.24) is 0 Å². The molecular formula is C58H76N4O4+4. The molecule has 348 valence electrons.